The van der Waals surface area contributed by atoms with Crippen molar-refractivity contribution in [3.8, 4) is 0 Å². The third-order valence-corrected chi connectivity index (χ3v) is 4.40. The number of hydrogen-bond donors (Lipinski definition) is 1. The number of nitrogens with zero attached hydrogens (tertiary/aromatic N) is 3. The highest BCUT2D eigenvalue weighted by molar-refractivity contribution is 9.10. The molecule has 0 spiro atoms. The van der Waals surface area contributed by atoms with Crippen molar-refractivity contribution in [3.05, 3.63) is 16.5 Å². The van der Waals surface area contributed by atoms with Crippen molar-refractivity contribution < 1.29 is 0 Å². The fourth-order valence-electron chi connectivity index (χ4n) is 3.21. The standard InChI is InChI=1S/C13H19BrN4/c1-9-15-12(14)8-13(16-9)17-10-5-7-18-6-3-2-4-11(10)18/h8,10-11H,2-7H2,1H3,(H,15,16,17). The van der Waals surface area contributed by atoms with Gasteiger partial charge in [-0.2, -0.15) is 0 Å². The molecule has 0 radical (unpaired) electrons. The van der Waals surface area contributed by atoms with E-state index in [-0.39, 0.29) is 0 Å². The van der Waals surface area contributed by atoms with Crippen LogP contribution in [0.1, 0.15) is 31.5 Å². The van der Waals surface area contributed by atoms with E-state index in [0.717, 1.165) is 16.2 Å². The van der Waals surface area contributed by atoms with E-state index in [2.05, 4.69) is 36.1 Å². The van der Waals surface area contributed by atoms with Gasteiger partial charge < -0.3 is 5.32 Å². The van der Waals surface area contributed by atoms with Gasteiger partial charge in [-0.05, 0) is 48.7 Å². The Balaban J connectivity index is 1.72. The Bertz CT molecular complexity index is 417. The highest BCUT2D eigenvalue weighted by Crippen LogP contribution is 2.29. The summed E-state index contributed by atoms with van der Waals surface area (Å²) in [7, 11) is 0. The van der Waals surface area contributed by atoms with Crippen molar-refractivity contribution in [1.82, 2.24) is 14.9 Å². The van der Waals surface area contributed by atoms with E-state index in [0.29, 0.717) is 12.1 Å². The number of hydrogen-bond acceptors (Lipinski definition) is 4. The van der Waals surface area contributed by atoms with Gasteiger partial charge in [0.1, 0.15) is 16.2 Å². The van der Waals surface area contributed by atoms with Gasteiger partial charge in [0, 0.05) is 24.7 Å². The average molecular weight is 311 g/mol. The number of anilines is 1. The summed E-state index contributed by atoms with van der Waals surface area (Å²) in [6, 6.07) is 3.22. The molecule has 1 aromatic heterocycles. The molecule has 2 aliphatic heterocycles. The lowest BCUT2D eigenvalue weighted by atomic mass is 9.99. The average Bonchev–Trinajstić information content (AvgIpc) is 2.72. The Labute approximate surface area is 116 Å². The molecule has 3 heterocycles. The van der Waals surface area contributed by atoms with Crippen molar-refractivity contribution in [3.63, 3.8) is 0 Å². The molecule has 2 atom stereocenters. The predicted molar refractivity (Wildman–Crippen MR) is 75.7 cm³/mol. The Morgan fingerprint density at radius 2 is 2.17 bits per heavy atom. The molecule has 98 valence electrons. The molecule has 2 aliphatic rings. The lowest BCUT2D eigenvalue weighted by Crippen LogP contribution is -2.41. The first-order chi connectivity index (χ1) is 8.72. The molecule has 5 heteroatoms. The number of fused-ring (bicyclic) bond motifs is 1. The SMILES string of the molecule is Cc1nc(Br)cc(NC2CCN3CCCCC23)n1. The van der Waals surface area contributed by atoms with Gasteiger partial charge in [0.2, 0.25) is 0 Å². The molecule has 4 nitrogen and oxygen atoms in total. The summed E-state index contributed by atoms with van der Waals surface area (Å²) in [6.45, 7) is 4.43. The van der Waals surface area contributed by atoms with Gasteiger partial charge in [0.15, 0.2) is 0 Å². The van der Waals surface area contributed by atoms with Crippen LogP contribution >= 0.6 is 15.9 Å². The van der Waals surface area contributed by atoms with Crippen LogP contribution in [0.5, 0.6) is 0 Å². The van der Waals surface area contributed by atoms with Crippen molar-refractivity contribution >= 4 is 21.7 Å². The van der Waals surface area contributed by atoms with Crippen LogP contribution in [0.3, 0.4) is 0 Å². The van der Waals surface area contributed by atoms with Gasteiger partial charge in [-0.25, -0.2) is 9.97 Å². The lowest BCUT2D eigenvalue weighted by Gasteiger charge is -2.32. The van der Waals surface area contributed by atoms with Crippen LogP contribution < -0.4 is 5.32 Å². The van der Waals surface area contributed by atoms with Crippen LogP contribution in [0.4, 0.5) is 5.82 Å². The molecule has 18 heavy (non-hydrogen) atoms. The fourth-order valence-corrected chi connectivity index (χ4v) is 3.68. The molecular formula is C13H19BrN4. The first-order valence-corrected chi connectivity index (χ1v) is 7.53. The minimum atomic E-state index is 0.548. The lowest BCUT2D eigenvalue weighted by molar-refractivity contribution is 0.192. The highest BCUT2D eigenvalue weighted by atomic mass is 79.9. The summed E-state index contributed by atoms with van der Waals surface area (Å²) in [6.07, 6.45) is 5.28. The second-order valence-electron chi connectivity index (χ2n) is 5.26. The molecule has 1 N–H and O–H groups in total. The third kappa shape index (κ3) is 2.52. The fraction of sp³-hybridized carbons (Fsp3) is 0.692. The van der Waals surface area contributed by atoms with Crippen LogP contribution in [-0.2, 0) is 0 Å². The monoisotopic (exact) mass is 310 g/mol. The first-order valence-electron chi connectivity index (χ1n) is 6.74. The summed E-state index contributed by atoms with van der Waals surface area (Å²) < 4.78 is 0.857. The van der Waals surface area contributed by atoms with E-state index >= 15 is 0 Å². The molecule has 0 aliphatic carbocycles. The first kappa shape index (κ1) is 12.4. The van der Waals surface area contributed by atoms with Gasteiger partial charge in [-0.3, -0.25) is 4.90 Å². The summed E-state index contributed by atoms with van der Waals surface area (Å²) in [5.74, 6) is 1.76. The number of nitrogens with one attached hydrogen (secondary N) is 1. The molecule has 2 fully saturated rings. The van der Waals surface area contributed by atoms with Crippen LogP contribution in [0.25, 0.3) is 0 Å². The van der Waals surface area contributed by atoms with E-state index in [1.807, 2.05) is 13.0 Å². The van der Waals surface area contributed by atoms with E-state index in [1.165, 1.54) is 38.8 Å². The van der Waals surface area contributed by atoms with E-state index in [1.54, 1.807) is 0 Å². The topological polar surface area (TPSA) is 41.1 Å². The minimum Gasteiger partial charge on any atom is -0.366 e. The zero-order chi connectivity index (χ0) is 12.5. The molecule has 3 rings (SSSR count). The van der Waals surface area contributed by atoms with E-state index < -0.39 is 0 Å². The van der Waals surface area contributed by atoms with Crippen molar-refractivity contribution in [2.24, 2.45) is 0 Å². The maximum absolute atomic E-state index is 4.46. The van der Waals surface area contributed by atoms with E-state index in [4.69, 9.17) is 0 Å². The minimum absolute atomic E-state index is 0.548. The van der Waals surface area contributed by atoms with Crippen LogP contribution in [-0.4, -0.2) is 40.0 Å². The van der Waals surface area contributed by atoms with Crippen molar-refractivity contribution in [1.29, 1.82) is 0 Å². The largest absolute Gasteiger partial charge is 0.366 e. The van der Waals surface area contributed by atoms with Crippen LogP contribution in [0.15, 0.2) is 10.7 Å². The number of rotatable bonds is 2. The Morgan fingerprint density at radius 1 is 1.28 bits per heavy atom. The quantitative estimate of drug-likeness (QED) is 0.853. The van der Waals surface area contributed by atoms with Crippen LogP contribution in [0.2, 0.25) is 0 Å². The Morgan fingerprint density at radius 3 is 3.00 bits per heavy atom. The van der Waals surface area contributed by atoms with E-state index in [9.17, 15) is 0 Å². The zero-order valence-electron chi connectivity index (χ0n) is 10.7. The Hall–Kier alpha value is -0.680. The maximum atomic E-state index is 4.46. The number of aryl methyl sites for hydroxylation is 1. The number of piperidine rings is 1. The molecular weight excluding hydrogens is 292 g/mol. The molecule has 0 aromatic carbocycles. The number of halogens is 1. The Kier molecular flexibility index (Phi) is 3.52. The number of aromatic nitrogens is 2. The summed E-state index contributed by atoms with van der Waals surface area (Å²) in [4.78, 5) is 11.3. The third-order valence-electron chi connectivity index (χ3n) is 4.00. The van der Waals surface area contributed by atoms with Gasteiger partial charge >= 0.3 is 0 Å². The van der Waals surface area contributed by atoms with Crippen molar-refractivity contribution in [2.45, 2.75) is 44.7 Å². The molecule has 2 unspecified atom stereocenters. The normalized spacial score (nSPS) is 28.1. The van der Waals surface area contributed by atoms with Crippen molar-refractivity contribution in [2.75, 3.05) is 18.4 Å². The molecule has 0 amide bonds. The molecule has 0 saturated carbocycles. The summed E-state index contributed by atoms with van der Waals surface area (Å²) in [5, 5.41) is 3.60. The highest BCUT2D eigenvalue weighted by Gasteiger charge is 2.35. The van der Waals surface area contributed by atoms with Gasteiger partial charge in [-0.1, -0.05) is 6.42 Å². The molecule has 0 bridgehead atoms. The summed E-state index contributed by atoms with van der Waals surface area (Å²) >= 11 is 3.43. The summed E-state index contributed by atoms with van der Waals surface area (Å²) in [5.41, 5.74) is 0. The predicted octanol–water partition coefficient (Wildman–Crippen LogP) is 2.59. The van der Waals surface area contributed by atoms with Gasteiger partial charge in [0.25, 0.3) is 0 Å². The molecule has 1 aromatic rings. The van der Waals surface area contributed by atoms with Crippen LogP contribution in [0, 0.1) is 6.92 Å². The molecule has 2 saturated heterocycles. The zero-order valence-corrected chi connectivity index (χ0v) is 12.3. The van der Waals surface area contributed by atoms with Gasteiger partial charge in [0.05, 0.1) is 0 Å². The second kappa shape index (κ2) is 5.13. The second-order valence-corrected chi connectivity index (χ2v) is 6.07. The smallest absolute Gasteiger partial charge is 0.131 e. The maximum Gasteiger partial charge on any atom is 0.131 e. The van der Waals surface area contributed by atoms with Gasteiger partial charge in [-0.15, -0.1) is 0 Å².